The first kappa shape index (κ1) is 12.0. The third-order valence-electron chi connectivity index (χ3n) is 2.86. The second kappa shape index (κ2) is 4.23. The summed E-state index contributed by atoms with van der Waals surface area (Å²) in [6, 6.07) is 0. The lowest BCUT2D eigenvalue weighted by Crippen LogP contribution is -2.41. The highest BCUT2D eigenvalue weighted by Gasteiger charge is 2.24. The molecule has 0 spiro atoms. The highest BCUT2D eigenvalue weighted by Crippen LogP contribution is 2.27. The van der Waals surface area contributed by atoms with Crippen molar-refractivity contribution in [1.29, 1.82) is 0 Å². The van der Waals surface area contributed by atoms with Gasteiger partial charge < -0.3 is 10.6 Å². The summed E-state index contributed by atoms with van der Waals surface area (Å²) in [5.41, 5.74) is 6.35. The van der Waals surface area contributed by atoms with Crippen LogP contribution in [0.2, 0.25) is 5.28 Å². The lowest BCUT2D eigenvalue weighted by Gasteiger charge is -2.36. The fourth-order valence-corrected chi connectivity index (χ4v) is 1.28. The number of hydrogen-bond donors (Lipinski definition) is 1. The molecule has 5 heteroatoms. The van der Waals surface area contributed by atoms with Crippen LogP contribution in [0.4, 0.5) is 11.5 Å². The van der Waals surface area contributed by atoms with Gasteiger partial charge in [0.1, 0.15) is 0 Å². The van der Waals surface area contributed by atoms with Crippen LogP contribution in [-0.2, 0) is 0 Å². The highest BCUT2D eigenvalue weighted by atomic mass is 35.5. The summed E-state index contributed by atoms with van der Waals surface area (Å²) in [6.07, 6.45) is 2.53. The maximum Gasteiger partial charge on any atom is 0.224 e. The smallest absolute Gasteiger partial charge is 0.224 e. The number of aromatic nitrogens is 2. The first-order valence-electron chi connectivity index (χ1n) is 4.90. The van der Waals surface area contributed by atoms with Crippen LogP contribution in [-0.4, -0.2) is 22.6 Å². The molecule has 0 saturated heterocycles. The van der Waals surface area contributed by atoms with E-state index in [1.54, 1.807) is 0 Å². The van der Waals surface area contributed by atoms with Crippen molar-refractivity contribution >= 4 is 23.1 Å². The Morgan fingerprint density at radius 1 is 1.53 bits per heavy atom. The van der Waals surface area contributed by atoms with Gasteiger partial charge in [-0.25, -0.2) is 4.98 Å². The number of rotatable bonds is 3. The maximum absolute atomic E-state index is 5.82. The van der Waals surface area contributed by atoms with E-state index >= 15 is 0 Å². The lowest BCUT2D eigenvalue weighted by atomic mass is 10.00. The van der Waals surface area contributed by atoms with E-state index in [0.717, 1.165) is 6.42 Å². The van der Waals surface area contributed by atoms with Crippen LogP contribution < -0.4 is 10.6 Å². The van der Waals surface area contributed by atoms with Crippen molar-refractivity contribution in [2.75, 3.05) is 17.7 Å². The SMILES string of the molecule is CCC(C)(C)N(C)c1nc(Cl)ncc1N. The molecule has 84 valence electrons. The molecule has 0 aromatic carbocycles. The molecule has 1 rings (SSSR count). The van der Waals surface area contributed by atoms with E-state index in [2.05, 4.69) is 30.7 Å². The Morgan fingerprint density at radius 2 is 2.13 bits per heavy atom. The van der Waals surface area contributed by atoms with Gasteiger partial charge in [0.25, 0.3) is 0 Å². The number of anilines is 2. The van der Waals surface area contributed by atoms with E-state index in [1.165, 1.54) is 6.20 Å². The quantitative estimate of drug-likeness (QED) is 0.807. The van der Waals surface area contributed by atoms with Crippen molar-refractivity contribution in [1.82, 2.24) is 9.97 Å². The Morgan fingerprint density at radius 3 is 2.67 bits per heavy atom. The Labute approximate surface area is 95.5 Å². The molecule has 0 aliphatic heterocycles. The average Bonchev–Trinajstić information content (AvgIpc) is 2.20. The molecular weight excluding hydrogens is 212 g/mol. The second-order valence-electron chi connectivity index (χ2n) is 4.14. The Balaban J connectivity index is 3.10. The van der Waals surface area contributed by atoms with Gasteiger partial charge in [0.15, 0.2) is 5.82 Å². The van der Waals surface area contributed by atoms with Crippen LogP contribution in [0, 0.1) is 0 Å². The number of nitrogen functional groups attached to an aromatic ring is 1. The van der Waals surface area contributed by atoms with Gasteiger partial charge in [0.05, 0.1) is 11.9 Å². The van der Waals surface area contributed by atoms with Gasteiger partial charge in [0, 0.05) is 12.6 Å². The predicted molar refractivity (Wildman–Crippen MR) is 64.2 cm³/mol. The monoisotopic (exact) mass is 228 g/mol. The Hall–Kier alpha value is -1.03. The van der Waals surface area contributed by atoms with E-state index in [-0.39, 0.29) is 10.8 Å². The lowest BCUT2D eigenvalue weighted by molar-refractivity contribution is 0.467. The zero-order valence-electron chi connectivity index (χ0n) is 9.58. The molecule has 1 heterocycles. The summed E-state index contributed by atoms with van der Waals surface area (Å²) in [5, 5.41) is 0.220. The normalized spacial score (nSPS) is 11.5. The van der Waals surface area contributed by atoms with Crippen molar-refractivity contribution in [3.8, 4) is 0 Å². The molecular formula is C10H17ClN4. The largest absolute Gasteiger partial charge is 0.394 e. The molecule has 0 aliphatic rings. The van der Waals surface area contributed by atoms with Crippen molar-refractivity contribution in [2.45, 2.75) is 32.7 Å². The minimum Gasteiger partial charge on any atom is -0.394 e. The number of halogens is 1. The molecule has 15 heavy (non-hydrogen) atoms. The Bertz CT molecular complexity index is 351. The van der Waals surface area contributed by atoms with E-state index in [1.807, 2.05) is 11.9 Å². The van der Waals surface area contributed by atoms with Crippen molar-refractivity contribution in [3.63, 3.8) is 0 Å². The molecule has 0 fully saturated rings. The summed E-state index contributed by atoms with van der Waals surface area (Å²) in [4.78, 5) is 10.00. The maximum atomic E-state index is 5.82. The standard InChI is InChI=1S/C10H17ClN4/c1-5-10(2,3)15(4)8-7(12)6-13-9(11)14-8/h6H,5,12H2,1-4H3. The predicted octanol–water partition coefficient (Wildman–Crippen LogP) is 2.34. The van der Waals surface area contributed by atoms with Crippen LogP contribution in [0.25, 0.3) is 0 Å². The molecule has 0 atom stereocenters. The fourth-order valence-electron chi connectivity index (χ4n) is 1.15. The van der Waals surface area contributed by atoms with Gasteiger partial charge in [-0.1, -0.05) is 6.92 Å². The molecule has 4 nitrogen and oxygen atoms in total. The van der Waals surface area contributed by atoms with Gasteiger partial charge >= 0.3 is 0 Å². The molecule has 0 saturated carbocycles. The van der Waals surface area contributed by atoms with Gasteiger partial charge in [-0.15, -0.1) is 0 Å². The molecule has 1 aromatic heterocycles. The summed E-state index contributed by atoms with van der Waals surface area (Å²) in [5.74, 6) is 0.682. The van der Waals surface area contributed by atoms with Crippen molar-refractivity contribution < 1.29 is 0 Å². The van der Waals surface area contributed by atoms with Crippen molar-refractivity contribution in [3.05, 3.63) is 11.5 Å². The first-order valence-corrected chi connectivity index (χ1v) is 5.28. The zero-order chi connectivity index (χ0) is 11.6. The van der Waals surface area contributed by atoms with E-state index in [9.17, 15) is 0 Å². The van der Waals surface area contributed by atoms with E-state index < -0.39 is 0 Å². The average molecular weight is 229 g/mol. The fraction of sp³-hybridized carbons (Fsp3) is 0.600. The summed E-state index contributed by atoms with van der Waals surface area (Å²) < 4.78 is 0. The summed E-state index contributed by atoms with van der Waals surface area (Å²) >= 11 is 5.75. The second-order valence-corrected chi connectivity index (χ2v) is 4.48. The zero-order valence-corrected chi connectivity index (χ0v) is 10.3. The third kappa shape index (κ3) is 2.50. The van der Waals surface area contributed by atoms with Crippen LogP contribution in [0.15, 0.2) is 6.20 Å². The minimum atomic E-state index is -0.00813. The van der Waals surface area contributed by atoms with Crippen LogP contribution in [0.1, 0.15) is 27.2 Å². The first-order chi connectivity index (χ1) is 6.88. The Kier molecular flexibility index (Phi) is 3.39. The number of hydrogen-bond acceptors (Lipinski definition) is 4. The minimum absolute atomic E-state index is 0.00813. The van der Waals surface area contributed by atoms with Gasteiger partial charge in [-0.3, -0.25) is 0 Å². The number of nitrogens with two attached hydrogens (primary N) is 1. The molecule has 0 unspecified atom stereocenters. The van der Waals surface area contributed by atoms with Crippen molar-refractivity contribution in [2.24, 2.45) is 0 Å². The van der Waals surface area contributed by atoms with Crippen LogP contribution in [0.3, 0.4) is 0 Å². The van der Waals surface area contributed by atoms with Crippen LogP contribution in [0.5, 0.6) is 0 Å². The molecule has 1 aromatic rings. The van der Waals surface area contributed by atoms with E-state index in [0.29, 0.717) is 11.5 Å². The third-order valence-corrected chi connectivity index (χ3v) is 3.04. The summed E-state index contributed by atoms with van der Waals surface area (Å²) in [6.45, 7) is 6.38. The molecule has 0 bridgehead atoms. The summed E-state index contributed by atoms with van der Waals surface area (Å²) in [7, 11) is 1.96. The topological polar surface area (TPSA) is 55.0 Å². The number of nitrogens with zero attached hydrogens (tertiary/aromatic N) is 3. The molecule has 2 N–H and O–H groups in total. The van der Waals surface area contributed by atoms with Gasteiger partial charge in [-0.2, -0.15) is 4.98 Å². The highest BCUT2D eigenvalue weighted by molar-refractivity contribution is 6.28. The van der Waals surface area contributed by atoms with Gasteiger partial charge in [0.2, 0.25) is 5.28 Å². The molecule has 0 aliphatic carbocycles. The molecule has 0 amide bonds. The van der Waals surface area contributed by atoms with E-state index in [4.69, 9.17) is 17.3 Å². The molecule has 0 radical (unpaired) electrons. The van der Waals surface area contributed by atoms with Crippen LogP contribution >= 0.6 is 11.6 Å². The van der Waals surface area contributed by atoms with Gasteiger partial charge in [-0.05, 0) is 31.9 Å².